The minimum atomic E-state index is -0.154. The van der Waals surface area contributed by atoms with Gasteiger partial charge in [0.05, 0.1) is 16.6 Å². The van der Waals surface area contributed by atoms with E-state index in [0.717, 1.165) is 11.1 Å². The fourth-order valence-electron chi connectivity index (χ4n) is 3.42. The third kappa shape index (κ3) is 3.80. The van der Waals surface area contributed by atoms with Crippen molar-refractivity contribution in [2.24, 2.45) is 0 Å². The molecule has 0 bridgehead atoms. The molecule has 1 aromatic heterocycles. The number of para-hydroxylation sites is 1. The van der Waals surface area contributed by atoms with Gasteiger partial charge in [-0.05, 0) is 55.8 Å². The van der Waals surface area contributed by atoms with Gasteiger partial charge >= 0.3 is 0 Å². The molecular weight excluding hydrogens is 362 g/mol. The van der Waals surface area contributed by atoms with Gasteiger partial charge in [0.1, 0.15) is 5.82 Å². The second-order valence-corrected chi connectivity index (χ2v) is 7.04. The molecule has 0 radical (unpaired) electrons. The smallest absolute Gasteiger partial charge is 0.265 e. The summed E-state index contributed by atoms with van der Waals surface area (Å²) in [5.41, 5.74) is 4.00. The van der Waals surface area contributed by atoms with Gasteiger partial charge in [-0.1, -0.05) is 42.0 Å². The van der Waals surface area contributed by atoms with E-state index in [-0.39, 0.29) is 11.5 Å². The lowest BCUT2D eigenvalue weighted by Gasteiger charge is -2.12. The highest BCUT2D eigenvalue weighted by molar-refractivity contribution is 5.94. The maximum Gasteiger partial charge on any atom is 0.265 e. The molecule has 1 amide bonds. The number of carbonyl (C=O) groups is 1. The molecule has 0 atom stereocenters. The van der Waals surface area contributed by atoms with Crippen molar-refractivity contribution in [3.8, 4) is 5.69 Å². The molecule has 0 aliphatic carbocycles. The summed E-state index contributed by atoms with van der Waals surface area (Å²) in [6, 6.07) is 22.3. The van der Waals surface area contributed by atoms with E-state index in [1.165, 1.54) is 0 Å². The maximum absolute atomic E-state index is 12.9. The van der Waals surface area contributed by atoms with Crippen LogP contribution in [0.15, 0.2) is 77.6 Å². The van der Waals surface area contributed by atoms with Crippen LogP contribution in [0.3, 0.4) is 0 Å². The number of fused-ring (bicyclic) bond motifs is 1. The zero-order valence-corrected chi connectivity index (χ0v) is 16.3. The molecule has 1 heterocycles. The predicted molar refractivity (Wildman–Crippen MR) is 114 cm³/mol. The number of rotatable bonds is 4. The van der Waals surface area contributed by atoms with E-state index in [4.69, 9.17) is 0 Å². The molecule has 0 unspecified atom stereocenters. The van der Waals surface area contributed by atoms with Crippen LogP contribution in [-0.4, -0.2) is 15.5 Å². The third-order valence-electron chi connectivity index (χ3n) is 4.87. The van der Waals surface area contributed by atoms with E-state index in [9.17, 15) is 9.59 Å². The van der Waals surface area contributed by atoms with Crippen molar-refractivity contribution in [2.45, 2.75) is 20.4 Å². The summed E-state index contributed by atoms with van der Waals surface area (Å²) in [4.78, 5) is 29.9. The second kappa shape index (κ2) is 7.72. The topological polar surface area (TPSA) is 64.0 Å². The molecule has 5 heteroatoms. The SMILES string of the molecule is Cc1cccc(CNC(=O)c2ccc(-n3c(C)nc4ccccc4c3=O)cc2)c1. The fourth-order valence-corrected chi connectivity index (χ4v) is 3.42. The molecule has 29 heavy (non-hydrogen) atoms. The molecule has 0 fully saturated rings. The Labute approximate surface area is 168 Å². The molecule has 0 aliphatic rings. The standard InChI is InChI=1S/C24H21N3O2/c1-16-6-5-7-18(14-16)15-25-23(28)19-10-12-20(13-11-19)27-17(2)26-22-9-4-3-8-21(22)24(27)29/h3-14H,15H2,1-2H3,(H,25,28). The lowest BCUT2D eigenvalue weighted by molar-refractivity contribution is 0.0951. The van der Waals surface area contributed by atoms with E-state index in [0.29, 0.717) is 34.5 Å². The summed E-state index contributed by atoms with van der Waals surface area (Å²) in [6.07, 6.45) is 0. The van der Waals surface area contributed by atoms with Gasteiger partial charge < -0.3 is 5.32 Å². The molecule has 0 aliphatic heterocycles. The van der Waals surface area contributed by atoms with Crippen molar-refractivity contribution in [3.05, 3.63) is 106 Å². The van der Waals surface area contributed by atoms with Crippen LogP contribution in [0.25, 0.3) is 16.6 Å². The zero-order valence-electron chi connectivity index (χ0n) is 16.3. The monoisotopic (exact) mass is 383 g/mol. The van der Waals surface area contributed by atoms with E-state index >= 15 is 0 Å². The van der Waals surface area contributed by atoms with Gasteiger partial charge in [-0.25, -0.2) is 4.98 Å². The number of aromatic nitrogens is 2. The molecule has 0 saturated heterocycles. The average Bonchev–Trinajstić information content (AvgIpc) is 2.72. The Morgan fingerprint density at radius 1 is 0.966 bits per heavy atom. The largest absolute Gasteiger partial charge is 0.348 e. The number of aryl methyl sites for hydroxylation is 2. The lowest BCUT2D eigenvalue weighted by Crippen LogP contribution is -2.24. The first-order valence-corrected chi connectivity index (χ1v) is 9.45. The van der Waals surface area contributed by atoms with Crippen LogP contribution < -0.4 is 10.9 Å². The number of benzene rings is 3. The maximum atomic E-state index is 12.9. The van der Waals surface area contributed by atoms with Crippen LogP contribution in [0.2, 0.25) is 0 Å². The Kier molecular flexibility index (Phi) is 4.96. The van der Waals surface area contributed by atoms with Crippen molar-refractivity contribution in [1.82, 2.24) is 14.9 Å². The first-order valence-electron chi connectivity index (χ1n) is 9.45. The molecule has 5 nitrogen and oxygen atoms in total. The van der Waals surface area contributed by atoms with E-state index in [1.807, 2.05) is 49.4 Å². The molecule has 1 N–H and O–H groups in total. The van der Waals surface area contributed by atoms with Crippen molar-refractivity contribution in [3.63, 3.8) is 0 Å². The first-order chi connectivity index (χ1) is 14.0. The van der Waals surface area contributed by atoms with Crippen molar-refractivity contribution < 1.29 is 4.79 Å². The predicted octanol–water partition coefficient (Wildman–Crippen LogP) is 3.93. The quantitative estimate of drug-likeness (QED) is 0.581. The van der Waals surface area contributed by atoms with Gasteiger partial charge in [0, 0.05) is 12.1 Å². The fraction of sp³-hybridized carbons (Fsp3) is 0.125. The normalized spacial score (nSPS) is 10.8. The number of hydrogen-bond acceptors (Lipinski definition) is 3. The highest BCUT2D eigenvalue weighted by Crippen LogP contribution is 2.14. The summed E-state index contributed by atoms with van der Waals surface area (Å²) < 4.78 is 1.57. The van der Waals surface area contributed by atoms with Gasteiger partial charge in [0.15, 0.2) is 0 Å². The van der Waals surface area contributed by atoms with Gasteiger partial charge in [-0.3, -0.25) is 14.2 Å². The van der Waals surface area contributed by atoms with E-state index in [1.54, 1.807) is 41.8 Å². The number of carbonyl (C=O) groups excluding carboxylic acids is 1. The number of nitrogens with one attached hydrogen (secondary N) is 1. The highest BCUT2D eigenvalue weighted by atomic mass is 16.1. The summed E-state index contributed by atoms with van der Waals surface area (Å²) in [5.74, 6) is 0.448. The lowest BCUT2D eigenvalue weighted by atomic mass is 10.1. The number of amides is 1. The number of nitrogens with zero attached hydrogens (tertiary/aromatic N) is 2. The number of hydrogen-bond donors (Lipinski definition) is 1. The molecule has 0 spiro atoms. The minimum Gasteiger partial charge on any atom is -0.348 e. The van der Waals surface area contributed by atoms with Crippen molar-refractivity contribution in [2.75, 3.05) is 0 Å². The minimum absolute atomic E-state index is 0.121. The van der Waals surface area contributed by atoms with Gasteiger partial charge in [-0.15, -0.1) is 0 Å². The third-order valence-corrected chi connectivity index (χ3v) is 4.87. The van der Waals surface area contributed by atoms with Crippen LogP contribution in [0, 0.1) is 13.8 Å². The van der Waals surface area contributed by atoms with E-state index in [2.05, 4.69) is 10.3 Å². The van der Waals surface area contributed by atoms with Crippen LogP contribution in [0.5, 0.6) is 0 Å². The van der Waals surface area contributed by atoms with Crippen LogP contribution in [0.4, 0.5) is 0 Å². The van der Waals surface area contributed by atoms with Crippen molar-refractivity contribution >= 4 is 16.8 Å². The molecule has 4 rings (SSSR count). The van der Waals surface area contributed by atoms with Gasteiger partial charge in [0.25, 0.3) is 11.5 Å². The Morgan fingerprint density at radius 2 is 1.72 bits per heavy atom. The Balaban J connectivity index is 1.57. The molecule has 4 aromatic rings. The Hall–Kier alpha value is -3.73. The molecular formula is C24H21N3O2. The van der Waals surface area contributed by atoms with Gasteiger partial charge in [-0.2, -0.15) is 0 Å². The van der Waals surface area contributed by atoms with E-state index < -0.39 is 0 Å². The first kappa shape index (κ1) is 18.6. The summed E-state index contributed by atoms with van der Waals surface area (Å²) >= 11 is 0. The zero-order chi connectivity index (χ0) is 20.4. The summed E-state index contributed by atoms with van der Waals surface area (Å²) in [5, 5.41) is 3.50. The van der Waals surface area contributed by atoms with Gasteiger partial charge in [0.2, 0.25) is 0 Å². The van der Waals surface area contributed by atoms with Crippen LogP contribution in [0.1, 0.15) is 27.3 Å². The molecule has 3 aromatic carbocycles. The molecule has 144 valence electrons. The Morgan fingerprint density at radius 3 is 2.48 bits per heavy atom. The molecule has 0 saturated carbocycles. The summed E-state index contributed by atoms with van der Waals surface area (Å²) in [7, 11) is 0. The highest BCUT2D eigenvalue weighted by Gasteiger charge is 2.11. The van der Waals surface area contributed by atoms with Crippen LogP contribution >= 0.6 is 0 Å². The Bertz CT molecular complexity index is 1260. The second-order valence-electron chi connectivity index (χ2n) is 7.04. The van der Waals surface area contributed by atoms with Crippen molar-refractivity contribution in [1.29, 1.82) is 0 Å². The average molecular weight is 383 g/mol. The van der Waals surface area contributed by atoms with Crippen LogP contribution in [-0.2, 0) is 6.54 Å². The summed E-state index contributed by atoms with van der Waals surface area (Å²) in [6.45, 7) is 4.29.